The Kier molecular flexibility index (Phi) is 4.51. The van der Waals surface area contributed by atoms with Gasteiger partial charge in [-0.1, -0.05) is 32.1 Å². The number of aromatic nitrogens is 2. The zero-order chi connectivity index (χ0) is 16.5. The van der Waals surface area contributed by atoms with Crippen LogP contribution in [-0.2, 0) is 13.5 Å². The SMILES string of the molecule is Cn1cc(C[C@@H]2CCN(C(=O)N[C@H]3C[C@H]3C3CCCCC3)C2)cn1. The largest absolute Gasteiger partial charge is 0.335 e. The van der Waals surface area contributed by atoms with Crippen molar-refractivity contribution in [3.8, 4) is 0 Å². The Morgan fingerprint density at radius 1 is 1.29 bits per heavy atom. The van der Waals surface area contributed by atoms with Crippen LogP contribution in [0.2, 0.25) is 0 Å². The molecule has 5 heteroatoms. The highest BCUT2D eigenvalue weighted by Gasteiger charge is 2.44. The first-order valence-corrected chi connectivity index (χ1v) is 9.72. The lowest BCUT2D eigenvalue weighted by Crippen LogP contribution is -2.40. The van der Waals surface area contributed by atoms with E-state index in [1.54, 1.807) is 0 Å². The topological polar surface area (TPSA) is 50.2 Å². The van der Waals surface area contributed by atoms with Crippen molar-refractivity contribution >= 4 is 6.03 Å². The van der Waals surface area contributed by atoms with Crippen LogP contribution in [0.1, 0.15) is 50.5 Å². The number of carbonyl (C=O) groups excluding carboxylic acids is 1. The summed E-state index contributed by atoms with van der Waals surface area (Å²) in [4.78, 5) is 14.5. The van der Waals surface area contributed by atoms with Crippen LogP contribution in [0.5, 0.6) is 0 Å². The van der Waals surface area contributed by atoms with Crippen LogP contribution < -0.4 is 5.32 Å². The third-order valence-electron chi connectivity index (χ3n) is 6.26. The highest BCUT2D eigenvalue weighted by Crippen LogP contribution is 2.44. The lowest BCUT2D eigenvalue weighted by molar-refractivity contribution is 0.204. The number of rotatable bonds is 4. The van der Waals surface area contributed by atoms with Gasteiger partial charge < -0.3 is 10.2 Å². The van der Waals surface area contributed by atoms with Gasteiger partial charge in [0, 0.05) is 32.4 Å². The van der Waals surface area contributed by atoms with Gasteiger partial charge in [-0.3, -0.25) is 4.68 Å². The molecule has 24 heavy (non-hydrogen) atoms. The number of amides is 2. The first-order chi connectivity index (χ1) is 11.7. The zero-order valence-corrected chi connectivity index (χ0v) is 14.8. The third-order valence-corrected chi connectivity index (χ3v) is 6.26. The van der Waals surface area contributed by atoms with Crippen LogP contribution in [0.3, 0.4) is 0 Å². The molecule has 3 fully saturated rings. The summed E-state index contributed by atoms with van der Waals surface area (Å²) in [5.41, 5.74) is 1.28. The predicted octanol–water partition coefficient (Wildman–Crippen LogP) is 2.96. The summed E-state index contributed by atoms with van der Waals surface area (Å²) in [6.07, 6.45) is 14.3. The van der Waals surface area contributed by atoms with Gasteiger partial charge in [-0.05, 0) is 42.6 Å². The highest BCUT2D eigenvalue weighted by molar-refractivity contribution is 5.75. The molecule has 0 aromatic carbocycles. The third kappa shape index (κ3) is 3.60. The number of urea groups is 1. The number of nitrogens with zero attached hydrogens (tertiary/aromatic N) is 3. The molecule has 0 unspecified atom stereocenters. The molecule has 1 aromatic heterocycles. The van der Waals surface area contributed by atoms with Crippen molar-refractivity contribution in [1.29, 1.82) is 0 Å². The molecular formula is C19H30N4O. The smallest absolute Gasteiger partial charge is 0.317 e. The van der Waals surface area contributed by atoms with Gasteiger partial charge >= 0.3 is 6.03 Å². The Balaban J connectivity index is 1.21. The highest BCUT2D eigenvalue weighted by atomic mass is 16.2. The second kappa shape index (κ2) is 6.77. The Morgan fingerprint density at radius 2 is 2.12 bits per heavy atom. The number of hydrogen-bond donors (Lipinski definition) is 1. The van der Waals surface area contributed by atoms with Crippen LogP contribution >= 0.6 is 0 Å². The molecule has 2 amide bonds. The Hall–Kier alpha value is -1.52. The second-order valence-electron chi connectivity index (χ2n) is 8.18. The molecule has 1 N–H and O–H groups in total. The molecule has 3 aliphatic rings. The molecule has 2 saturated carbocycles. The van der Waals surface area contributed by atoms with E-state index in [-0.39, 0.29) is 6.03 Å². The number of carbonyl (C=O) groups is 1. The molecule has 0 bridgehead atoms. The van der Waals surface area contributed by atoms with Crippen molar-refractivity contribution in [2.45, 2.75) is 57.4 Å². The molecule has 1 aromatic rings. The summed E-state index contributed by atoms with van der Waals surface area (Å²) in [7, 11) is 1.95. The minimum atomic E-state index is 0.173. The number of likely N-dealkylation sites (tertiary alicyclic amines) is 1. The molecule has 3 atom stereocenters. The Labute approximate surface area is 144 Å². The molecular weight excluding hydrogens is 300 g/mol. The Bertz CT molecular complexity index is 578. The summed E-state index contributed by atoms with van der Waals surface area (Å²) in [6, 6.07) is 0.630. The van der Waals surface area contributed by atoms with Crippen molar-refractivity contribution in [3.05, 3.63) is 18.0 Å². The van der Waals surface area contributed by atoms with Gasteiger partial charge in [-0.2, -0.15) is 5.10 Å². The molecule has 2 aliphatic carbocycles. The molecule has 0 radical (unpaired) electrons. The van der Waals surface area contributed by atoms with Gasteiger partial charge in [0.1, 0.15) is 0 Å². The van der Waals surface area contributed by atoms with Crippen LogP contribution in [0, 0.1) is 17.8 Å². The van der Waals surface area contributed by atoms with Crippen molar-refractivity contribution in [2.24, 2.45) is 24.8 Å². The van der Waals surface area contributed by atoms with E-state index in [9.17, 15) is 4.79 Å². The summed E-state index contributed by atoms with van der Waals surface area (Å²) in [6.45, 7) is 1.79. The molecule has 0 spiro atoms. The van der Waals surface area contributed by atoms with Crippen LogP contribution in [0.4, 0.5) is 4.79 Å². The fourth-order valence-corrected chi connectivity index (χ4v) is 4.81. The minimum absolute atomic E-state index is 0.173. The number of aryl methyl sites for hydroxylation is 1. The molecule has 2 heterocycles. The normalized spacial score (nSPS) is 30.5. The predicted molar refractivity (Wildman–Crippen MR) is 93.6 cm³/mol. The summed E-state index contributed by atoms with van der Waals surface area (Å²) < 4.78 is 1.85. The minimum Gasteiger partial charge on any atom is -0.335 e. The first kappa shape index (κ1) is 16.0. The summed E-state index contributed by atoms with van der Waals surface area (Å²) in [5.74, 6) is 2.22. The van der Waals surface area contributed by atoms with Crippen molar-refractivity contribution in [2.75, 3.05) is 13.1 Å². The van der Waals surface area contributed by atoms with Gasteiger partial charge in [0.2, 0.25) is 0 Å². The molecule has 132 valence electrons. The van der Waals surface area contributed by atoms with E-state index < -0.39 is 0 Å². The van der Waals surface area contributed by atoms with E-state index in [1.165, 1.54) is 44.1 Å². The maximum Gasteiger partial charge on any atom is 0.317 e. The lowest BCUT2D eigenvalue weighted by Gasteiger charge is -2.22. The molecule has 5 nitrogen and oxygen atoms in total. The fourth-order valence-electron chi connectivity index (χ4n) is 4.81. The molecule has 4 rings (SSSR count). The maximum absolute atomic E-state index is 12.5. The molecule has 1 saturated heterocycles. The second-order valence-corrected chi connectivity index (χ2v) is 8.18. The van der Waals surface area contributed by atoms with Crippen molar-refractivity contribution in [3.63, 3.8) is 0 Å². The monoisotopic (exact) mass is 330 g/mol. The number of hydrogen-bond acceptors (Lipinski definition) is 2. The van der Waals surface area contributed by atoms with Crippen molar-refractivity contribution < 1.29 is 4.79 Å². The Morgan fingerprint density at radius 3 is 2.88 bits per heavy atom. The van der Waals surface area contributed by atoms with E-state index in [2.05, 4.69) is 16.6 Å². The van der Waals surface area contributed by atoms with Crippen LogP contribution in [0.15, 0.2) is 12.4 Å². The van der Waals surface area contributed by atoms with Gasteiger partial charge in [0.05, 0.1) is 6.20 Å². The number of nitrogens with one attached hydrogen (secondary N) is 1. The molecule has 1 aliphatic heterocycles. The quantitative estimate of drug-likeness (QED) is 0.923. The maximum atomic E-state index is 12.5. The van der Waals surface area contributed by atoms with Gasteiger partial charge in [0.15, 0.2) is 0 Å². The fraction of sp³-hybridized carbons (Fsp3) is 0.789. The van der Waals surface area contributed by atoms with Gasteiger partial charge in [0.25, 0.3) is 0 Å². The van der Waals surface area contributed by atoms with E-state index in [1.807, 2.05) is 22.8 Å². The lowest BCUT2D eigenvalue weighted by atomic mass is 9.85. The standard InChI is InChI=1S/C19H30N4O/c1-22-12-15(11-20-22)9-14-7-8-23(13-14)19(24)21-18-10-17(18)16-5-3-2-4-6-16/h11-12,14,16-18H,2-10,13H2,1H3,(H,21,24)/t14-,17-,18-/m0/s1. The van der Waals surface area contributed by atoms with Crippen LogP contribution in [-0.4, -0.2) is 39.8 Å². The van der Waals surface area contributed by atoms with Crippen LogP contribution in [0.25, 0.3) is 0 Å². The van der Waals surface area contributed by atoms with Crippen molar-refractivity contribution in [1.82, 2.24) is 20.0 Å². The summed E-state index contributed by atoms with van der Waals surface area (Å²) in [5, 5.41) is 7.54. The average molecular weight is 330 g/mol. The zero-order valence-electron chi connectivity index (χ0n) is 14.8. The summed E-state index contributed by atoms with van der Waals surface area (Å²) >= 11 is 0. The van der Waals surface area contributed by atoms with E-state index in [4.69, 9.17) is 0 Å². The van der Waals surface area contributed by atoms with Gasteiger partial charge in [-0.25, -0.2) is 4.79 Å². The first-order valence-electron chi connectivity index (χ1n) is 9.72. The van der Waals surface area contributed by atoms with E-state index >= 15 is 0 Å². The van der Waals surface area contributed by atoms with E-state index in [0.717, 1.165) is 37.8 Å². The van der Waals surface area contributed by atoms with E-state index in [0.29, 0.717) is 12.0 Å². The average Bonchev–Trinajstić information content (AvgIpc) is 2.99. The van der Waals surface area contributed by atoms with Gasteiger partial charge in [-0.15, -0.1) is 0 Å².